The van der Waals surface area contributed by atoms with Gasteiger partial charge in [-0.2, -0.15) is 0 Å². The number of hydrogen-bond acceptors (Lipinski definition) is 2. The Bertz CT molecular complexity index is 338. The summed E-state index contributed by atoms with van der Waals surface area (Å²) in [5.74, 6) is -0.0907. The second-order valence-electron chi connectivity index (χ2n) is 3.60. The molecular weight excluding hydrogens is 193 g/mol. The van der Waals surface area contributed by atoms with Crippen LogP contribution >= 0.6 is 0 Å². The lowest BCUT2D eigenvalue weighted by Crippen LogP contribution is -2.18. The highest BCUT2D eigenvalue weighted by Crippen LogP contribution is 2.20. The molecule has 2 nitrogen and oxygen atoms in total. The van der Waals surface area contributed by atoms with Gasteiger partial charge in [-0.3, -0.25) is 0 Å². The number of benzene rings is 1. The molecule has 0 aliphatic rings. The Hall–Kier alpha value is -1.22. The molecule has 0 amide bonds. The van der Waals surface area contributed by atoms with Gasteiger partial charge in [0.05, 0.1) is 0 Å². The molecule has 0 aliphatic heterocycles. The lowest BCUT2D eigenvalue weighted by molar-refractivity contribution is -0.117. The summed E-state index contributed by atoms with van der Waals surface area (Å²) in [5, 5.41) is 3.02. The van der Waals surface area contributed by atoms with Crippen LogP contribution in [0.2, 0.25) is 0 Å². The Morgan fingerprint density at radius 2 is 2.13 bits per heavy atom. The van der Waals surface area contributed by atoms with Gasteiger partial charge in [-0.1, -0.05) is 18.2 Å². The van der Waals surface area contributed by atoms with E-state index >= 15 is 0 Å². The topological polar surface area (TPSA) is 29.1 Å². The maximum atomic E-state index is 13.4. The maximum Gasteiger partial charge on any atom is 0.129 e. The molecule has 0 bridgehead atoms. The lowest BCUT2D eigenvalue weighted by Gasteiger charge is -2.16. The second-order valence-corrected chi connectivity index (χ2v) is 3.60. The first-order valence-corrected chi connectivity index (χ1v) is 5.06. The Balaban J connectivity index is 2.74. The fourth-order valence-corrected chi connectivity index (χ4v) is 1.56. The van der Waals surface area contributed by atoms with Crippen LogP contribution in [0.1, 0.15) is 31.4 Å². The van der Waals surface area contributed by atoms with Crippen LogP contribution in [0.3, 0.4) is 0 Å². The summed E-state index contributed by atoms with van der Waals surface area (Å²) in [6, 6.07) is 6.56. The van der Waals surface area contributed by atoms with E-state index in [1.165, 1.54) is 6.07 Å². The highest BCUT2D eigenvalue weighted by Gasteiger charge is 2.13. The first kappa shape index (κ1) is 11.9. The van der Waals surface area contributed by atoms with Gasteiger partial charge in [-0.15, -0.1) is 0 Å². The second kappa shape index (κ2) is 5.61. The first-order chi connectivity index (χ1) is 7.15. The summed E-state index contributed by atoms with van der Waals surface area (Å²) in [4.78, 5) is 10.9. The summed E-state index contributed by atoms with van der Waals surface area (Å²) in [5.41, 5.74) is 0.626. The average Bonchev–Trinajstić information content (AvgIpc) is 2.21. The van der Waals surface area contributed by atoms with Gasteiger partial charge in [0.1, 0.15) is 11.6 Å². The van der Waals surface area contributed by atoms with Crippen LogP contribution in [0.15, 0.2) is 24.3 Å². The molecule has 3 heteroatoms. The number of carbonyl (C=O) groups is 1. The van der Waals surface area contributed by atoms with Crippen molar-refractivity contribution in [1.29, 1.82) is 0 Å². The smallest absolute Gasteiger partial charge is 0.129 e. The van der Waals surface area contributed by atoms with Gasteiger partial charge in [-0.05, 0) is 26.5 Å². The molecule has 0 heterocycles. The number of rotatable bonds is 5. The number of halogens is 1. The van der Waals surface area contributed by atoms with E-state index in [0.29, 0.717) is 18.4 Å². The van der Waals surface area contributed by atoms with Gasteiger partial charge in [0, 0.05) is 18.0 Å². The van der Waals surface area contributed by atoms with E-state index in [0.717, 1.165) is 0 Å². The lowest BCUT2D eigenvalue weighted by atomic mass is 10.0. The van der Waals surface area contributed by atoms with E-state index in [2.05, 4.69) is 5.32 Å². The standard InChI is InChI=1S/C12H16FNO/c1-9(15)7-8-12(14-2)10-5-3-4-6-11(10)13/h3-6,12,14H,7-8H2,1-2H3. The van der Waals surface area contributed by atoms with Crippen LogP contribution in [-0.2, 0) is 4.79 Å². The van der Waals surface area contributed by atoms with Crippen LogP contribution in [-0.4, -0.2) is 12.8 Å². The zero-order valence-corrected chi connectivity index (χ0v) is 9.09. The summed E-state index contributed by atoms with van der Waals surface area (Å²) in [6.07, 6.45) is 1.10. The molecule has 0 saturated heterocycles. The number of Topliss-reactive ketones (excluding diaryl/α,β-unsaturated/α-hetero) is 1. The minimum atomic E-state index is -0.222. The predicted molar refractivity (Wildman–Crippen MR) is 58.1 cm³/mol. The normalized spacial score (nSPS) is 12.5. The van der Waals surface area contributed by atoms with Gasteiger partial charge < -0.3 is 10.1 Å². The van der Waals surface area contributed by atoms with E-state index in [-0.39, 0.29) is 17.6 Å². The minimum Gasteiger partial charge on any atom is -0.313 e. The Morgan fingerprint density at radius 3 is 2.67 bits per heavy atom. The van der Waals surface area contributed by atoms with Gasteiger partial charge in [0.25, 0.3) is 0 Å². The van der Waals surface area contributed by atoms with E-state index in [1.807, 2.05) is 0 Å². The fraction of sp³-hybridized carbons (Fsp3) is 0.417. The molecule has 0 spiro atoms. The maximum absolute atomic E-state index is 13.4. The van der Waals surface area contributed by atoms with Gasteiger partial charge in [0.15, 0.2) is 0 Å². The molecule has 0 radical (unpaired) electrons. The van der Waals surface area contributed by atoms with Gasteiger partial charge in [-0.25, -0.2) is 4.39 Å². The molecule has 0 saturated carbocycles. The quantitative estimate of drug-likeness (QED) is 0.807. The van der Waals surface area contributed by atoms with E-state index in [9.17, 15) is 9.18 Å². The van der Waals surface area contributed by atoms with Crippen LogP contribution in [0.4, 0.5) is 4.39 Å². The van der Waals surface area contributed by atoms with E-state index in [1.54, 1.807) is 32.2 Å². The number of carbonyl (C=O) groups excluding carboxylic acids is 1. The zero-order chi connectivity index (χ0) is 11.3. The molecule has 0 fully saturated rings. The van der Waals surface area contributed by atoms with E-state index in [4.69, 9.17) is 0 Å². The number of ketones is 1. The van der Waals surface area contributed by atoms with Crippen molar-refractivity contribution in [3.63, 3.8) is 0 Å². The van der Waals surface area contributed by atoms with Gasteiger partial charge in [0.2, 0.25) is 0 Å². The van der Waals surface area contributed by atoms with Crippen molar-refractivity contribution in [2.45, 2.75) is 25.8 Å². The third-order valence-electron chi connectivity index (χ3n) is 2.41. The Labute approximate surface area is 89.5 Å². The Morgan fingerprint density at radius 1 is 1.47 bits per heavy atom. The van der Waals surface area contributed by atoms with Crippen molar-refractivity contribution in [2.24, 2.45) is 0 Å². The van der Waals surface area contributed by atoms with Crippen molar-refractivity contribution < 1.29 is 9.18 Å². The van der Waals surface area contributed by atoms with Crippen LogP contribution in [0, 0.1) is 5.82 Å². The molecule has 0 aromatic heterocycles. The molecule has 1 atom stereocenters. The summed E-state index contributed by atoms with van der Waals surface area (Å²) < 4.78 is 13.4. The SMILES string of the molecule is CNC(CCC(C)=O)c1ccccc1F. The van der Waals surface area contributed by atoms with Crippen molar-refractivity contribution >= 4 is 5.78 Å². The number of nitrogens with one attached hydrogen (secondary N) is 1. The molecule has 1 rings (SSSR count). The fourth-order valence-electron chi connectivity index (χ4n) is 1.56. The Kier molecular flexibility index (Phi) is 4.43. The molecule has 1 unspecified atom stereocenters. The summed E-state index contributed by atoms with van der Waals surface area (Å²) in [6.45, 7) is 1.55. The predicted octanol–water partition coefficient (Wildman–Crippen LogP) is 2.46. The highest BCUT2D eigenvalue weighted by molar-refractivity contribution is 5.75. The molecular formula is C12H16FNO. The largest absolute Gasteiger partial charge is 0.313 e. The van der Waals surface area contributed by atoms with Crippen LogP contribution in [0.5, 0.6) is 0 Å². The molecule has 0 aliphatic carbocycles. The van der Waals surface area contributed by atoms with Crippen molar-refractivity contribution in [1.82, 2.24) is 5.32 Å². The molecule has 82 valence electrons. The summed E-state index contributed by atoms with van der Waals surface area (Å²) >= 11 is 0. The van der Waals surface area contributed by atoms with Crippen molar-refractivity contribution in [2.75, 3.05) is 7.05 Å². The highest BCUT2D eigenvalue weighted by atomic mass is 19.1. The minimum absolute atomic E-state index is 0.0879. The molecule has 1 aromatic rings. The third kappa shape index (κ3) is 3.44. The zero-order valence-electron chi connectivity index (χ0n) is 9.09. The molecule has 1 N–H and O–H groups in total. The van der Waals surface area contributed by atoms with Crippen LogP contribution < -0.4 is 5.32 Å². The first-order valence-electron chi connectivity index (χ1n) is 5.06. The monoisotopic (exact) mass is 209 g/mol. The average molecular weight is 209 g/mol. The molecule has 15 heavy (non-hydrogen) atoms. The van der Waals surface area contributed by atoms with Crippen molar-refractivity contribution in [3.05, 3.63) is 35.6 Å². The third-order valence-corrected chi connectivity index (χ3v) is 2.41. The molecule has 1 aromatic carbocycles. The van der Waals surface area contributed by atoms with Crippen molar-refractivity contribution in [3.8, 4) is 0 Å². The number of hydrogen-bond donors (Lipinski definition) is 1. The summed E-state index contributed by atoms with van der Waals surface area (Å²) in [7, 11) is 1.78. The van der Waals surface area contributed by atoms with Crippen LogP contribution in [0.25, 0.3) is 0 Å². The van der Waals surface area contributed by atoms with E-state index < -0.39 is 0 Å². The van der Waals surface area contributed by atoms with Gasteiger partial charge >= 0.3 is 0 Å².